The van der Waals surface area contributed by atoms with Crippen molar-refractivity contribution in [1.29, 1.82) is 0 Å². The van der Waals surface area contributed by atoms with E-state index in [0.29, 0.717) is 10.9 Å². The molecule has 0 amide bonds. The molecule has 0 fully saturated rings. The summed E-state index contributed by atoms with van der Waals surface area (Å²) in [6, 6.07) is 9.76. The quantitative estimate of drug-likeness (QED) is 0.724. The van der Waals surface area contributed by atoms with Crippen molar-refractivity contribution in [2.24, 2.45) is 0 Å². The number of pyridine rings is 1. The second kappa shape index (κ2) is 5.69. The predicted octanol–water partition coefficient (Wildman–Crippen LogP) is 1.27. The number of hydrogen-bond donors (Lipinski definition) is 0. The SMILES string of the molecule is O=c1c2ccncc2ncn1CCS(=O)(=O)c1ccccc1. The summed E-state index contributed by atoms with van der Waals surface area (Å²) >= 11 is 0. The fraction of sp³-hybridized carbons (Fsp3) is 0.133. The van der Waals surface area contributed by atoms with E-state index in [2.05, 4.69) is 9.97 Å². The highest BCUT2D eigenvalue weighted by Gasteiger charge is 2.14. The summed E-state index contributed by atoms with van der Waals surface area (Å²) in [6.45, 7) is 0.0569. The van der Waals surface area contributed by atoms with Gasteiger partial charge in [0.05, 0.1) is 34.1 Å². The van der Waals surface area contributed by atoms with Gasteiger partial charge in [0.1, 0.15) is 0 Å². The van der Waals surface area contributed by atoms with Crippen LogP contribution in [0.1, 0.15) is 0 Å². The van der Waals surface area contributed by atoms with Crippen molar-refractivity contribution in [3.8, 4) is 0 Å². The molecule has 0 unspecified atom stereocenters. The number of aryl methyl sites for hydroxylation is 1. The Balaban J connectivity index is 1.89. The third-order valence-corrected chi connectivity index (χ3v) is 5.04. The van der Waals surface area contributed by atoms with Gasteiger partial charge < -0.3 is 0 Å². The highest BCUT2D eigenvalue weighted by molar-refractivity contribution is 7.91. The molecule has 22 heavy (non-hydrogen) atoms. The maximum absolute atomic E-state index is 12.3. The predicted molar refractivity (Wildman–Crippen MR) is 82.3 cm³/mol. The number of aromatic nitrogens is 3. The second-order valence-electron chi connectivity index (χ2n) is 4.77. The lowest BCUT2D eigenvalue weighted by molar-refractivity contribution is 0.586. The summed E-state index contributed by atoms with van der Waals surface area (Å²) in [4.78, 5) is 20.6. The molecule has 3 rings (SSSR count). The minimum atomic E-state index is -3.43. The van der Waals surface area contributed by atoms with Crippen molar-refractivity contribution in [2.75, 3.05) is 5.75 Å². The molecule has 0 aliphatic heterocycles. The first kappa shape index (κ1) is 14.4. The molecule has 112 valence electrons. The number of fused-ring (bicyclic) bond motifs is 1. The van der Waals surface area contributed by atoms with E-state index in [9.17, 15) is 13.2 Å². The average Bonchev–Trinajstić information content (AvgIpc) is 2.55. The number of rotatable bonds is 4. The number of benzene rings is 1. The lowest BCUT2D eigenvalue weighted by Crippen LogP contribution is -2.24. The Morgan fingerprint density at radius 3 is 2.64 bits per heavy atom. The third kappa shape index (κ3) is 2.75. The molecule has 6 nitrogen and oxygen atoms in total. The fourth-order valence-electron chi connectivity index (χ4n) is 2.13. The van der Waals surface area contributed by atoms with Gasteiger partial charge in [-0.2, -0.15) is 0 Å². The zero-order valence-electron chi connectivity index (χ0n) is 11.6. The molecule has 0 saturated carbocycles. The molecule has 0 saturated heterocycles. The van der Waals surface area contributed by atoms with Crippen LogP contribution in [0.2, 0.25) is 0 Å². The summed E-state index contributed by atoms with van der Waals surface area (Å²) in [5.41, 5.74) is 0.227. The molecular formula is C15H13N3O3S. The first-order chi connectivity index (χ1) is 10.6. The van der Waals surface area contributed by atoms with Gasteiger partial charge in [-0.15, -0.1) is 0 Å². The van der Waals surface area contributed by atoms with Crippen LogP contribution >= 0.6 is 0 Å². The van der Waals surface area contributed by atoms with Crippen LogP contribution in [-0.2, 0) is 16.4 Å². The summed E-state index contributed by atoms with van der Waals surface area (Å²) in [5.74, 6) is -0.158. The zero-order valence-corrected chi connectivity index (χ0v) is 12.4. The van der Waals surface area contributed by atoms with Crippen LogP contribution in [0.15, 0.2) is 64.8 Å². The average molecular weight is 315 g/mol. The number of nitrogens with zero attached hydrogens (tertiary/aromatic N) is 3. The standard InChI is InChI=1S/C15H13N3O3S/c19-15-13-6-7-16-10-14(13)17-11-18(15)8-9-22(20,21)12-4-2-1-3-5-12/h1-7,10-11H,8-9H2. The second-order valence-corrected chi connectivity index (χ2v) is 6.88. The van der Waals surface area contributed by atoms with Gasteiger partial charge in [0.2, 0.25) is 0 Å². The van der Waals surface area contributed by atoms with Gasteiger partial charge in [-0.05, 0) is 18.2 Å². The lowest BCUT2D eigenvalue weighted by Gasteiger charge is -2.07. The first-order valence-corrected chi connectivity index (χ1v) is 8.30. The van der Waals surface area contributed by atoms with Gasteiger partial charge in [-0.25, -0.2) is 13.4 Å². The monoisotopic (exact) mass is 315 g/mol. The summed E-state index contributed by atoms with van der Waals surface area (Å²) in [5, 5.41) is 0.426. The van der Waals surface area contributed by atoms with Crippen LogP contribution in [-0.4, -0.2) is 28.7 Å². The van der Waals surface area contributed by atoms with Crippen molar-refractivity contribution >= 4 is 20.7 Å². The van der Waals surface area contributed by atoms with Crippen LogP contribution < -0.4 is 5.56 Å². The smallest absolute Gasteiger partial charge is 0.261 e. The molecule has 2 aromatic heterocycles. The lowest BCUT2D eigenvalue weighted by atomic mass is 10.3. The normalized spacial score (nSPS) is 11.6. The molecule has 2 heterocycles. The maximum Gasteiger partial charge on any atom is 0.261 e. The summed E-state index contributed by atoms with van der Waals surface area (Å²) in [6.07, 6.45) is 4.37. The Morgan fingerprint density at radius 2 is 1.86 bits per heavy atom. The molecule has 1 aromatic carbocycles. The van der Waals surface area contributed by atoms with Crippen molar-refractivity contribution in [1.82, 2.24) is 14.5 Å². The van der Waals surface area contributed by atoms with Crippen molar-refractivity contribution in [3.05, 3.63) is 65.5 Å². The summed E-state index contributed by atoms with van der Waals surface area (Å²) in [7, 11) is -3.43. The highest BCUT2D eigenvalue weighted by atomic mass is 32.2. The van der Waals surface area contributed by atoms with Crippen molar-refractivity contribution in [2.45, 2.75) is 11.4 Å². The Bertz CT molecular complexity index is 966. The van der Waals surface area contributed by atoms with Crippen LogP contribution in [0.5, 0.6) is 0 Å². The van der Waals surface area contributed by atoms with Gasteiger partial charge in [-0.1, -0.05) is 18.2 Å². The molecule has 0 bridgehead atoms. The maximum atomic E-state index is 12.3. The Hall–Kier alpha value is -2.54. The molecule has 0 aliphatic rings. The molecule has 0 atom stereocenters. The zero-order chi connectivity index (χ0) is 15.6. The minimum absolute atomic E-state index is 0.0569. The molecule has 0 radical (unpaired) electrons. The van der Waals surface area contributed by atoms with E-state index in [1.165, 1.54) is 23.3 Å². The topological polar surface area (TPSA) is 81.9 Å². The fourth-order valence-corrected chi connectivity index (χ4v) is 3.38. The first-order valence-electron chi connectivity index (χ1n) is 6.65. The van der Waals surface area contributed by atoms with Crippen LogP contribution in [0.4, 0.5) is 0 Å². The largest absolute Gasteiger partial charge is 0.298 e. The molecular weight excluding hydrogens is 302 g/mol. The van der Waals surface area contributed by atoms with E-state index in [1.807, 2.05) is 0 Å². The van der Waals surface area contributed by atoms with Crippen LogP contribution in [0.3, 0.4) is 0 Å². The molecule has 0 spiro atoms. The van der Waals surface area contributed by atoms with Crippen molar-refractivity contribution < 1.29 is 8.42 Å². The Morgan fingerprint density at radius 1 is 1.09 bits per heavy atom. The molecule has 0 aliphatic carbocycles. The summed E-state index contributed by atoms with van der Waals surface area (Å²) < 4.78 is 25.8. The van der Waals surface area contributed by atoms with E-state index >= 15 is 0 Å². The van der Waals surface area contributed by atoms with Gasteiger partial charge in [0.25, 0.3) is 5.56 Å². The van der Waals surface area contributed by atoms with E-state index in [1.54, 1.807) is 36.4 Å². The number of sulfone groups is 1. The number of hydrogen-bond acceptors (Lipinski definition) is 5. The van der Waals surface area contributed by atoms with E-state index < -0.39 is 9.84 Å². The van der Waals surface area contributed by atoms with E-state index in [-0.39, 0.29) is 22.8 Å². The van der Waals surface area contributed by atoms with Crippen molar-refractivity contribution in [3.63, 3.8) is 0 Å². The molecule has 3 aromatic rings. The highest BCUT2D eigenvalue weighted by Crippen LogP contribution is 2.10. The Labute approximate surface area is 127 Å². The van der Waals surface area contributed by atoms with Gasteiger partial charge >= 0.3 is 0 Å². The van der Waals surface area contributed by atoms with Gasteiger partial charge in [0.15, 0.2) is 9.84 Å². The van der Waals surface area contributed by atoms with Gasteiger partial charge in [-0.3, -0.25) is 14.3 Å². The van der Waals surface area contributed by atoms with Gasteiger partial charge in [0, 0.05) is 12.7 Å². The Kier molecular flexibility index (Phi) is 3.72. The molecule has 7 heteroatoms. The minimum Gasteiger partial charge on any atom is -0.298 e. The third-order valence-electron chi connectivity index (χ3n) is 3.33. The molecule has 0 N–H and O–H groups in total. The van der Waals surface area contributed by atoms with Crippen LogP contribution in [0, 0.1) is 0 Å². The van der Waals surface area contributed by atoms with E-state index in [4.69, 9.17) is 0 Å². The van der Waals surface area contributed by atoms with Crippen LogP contribution in [0.25, 0.3) is 10.9 Å². The van der Waals surface area contributed by atoms with E-state index in [0.717, 1.165) is 0 Å².